The first-order chi connectivity index (χ1) is 13.0. The van der Waals surface area contributed by atoms with Gasteiger partial charge >= 0.3 is 0 Å². The summed E-state index contributed by atoms with van der Waals surface area (Å²) >= 11 is 0. The Balaban J connectivity index is 1.58. The first-order valence-corrected chi connectivity index (χ1v) is 9.14. The Morgan fingerprint density at radius 3 is 2.48 bits per heavy atom. The van der Waals surface area contributed by atoms with Gasteiger partial charge in [0.25, 0.3) is 0 Å². The van der Waals surface area contributed by atoms with Crippen molar-refractivity contribution in [3.05, 3.63) is 48.6 Å². The van der Waals surface area contributed by atoms with Crippen LogP contribution in [0.1, 0.15) is 18.4 Å². The van der Waals surface area contributed by atoms with E-state index in [0.717, 1.165) is 12.0 Å². The Morgan fingerprint density at radius 1 is 1.22 bits per heavy atom. The van der Waals surface area contributed by atoms with Crippen LogP contribution >= 0.6 is 0 Å². The van der Waals surface area contributed by atoms with E-state index in [2.05, 4.69) is 6.58 Å². The number of hydrogen-bond donors (Lipinski definition) is 1. The Morgan fingerprint density at radius 2 is 1.89 bits per heavy atom. The maximum absolute atomic E-state index is 12.5. The SMILES string of the molecule is C=CCc1ccc(OC[C@H](O)CN2C(=O)[C@H]3CC=CC[C@@H]3C2=O)c(OC)c1. The molecule has 3 atom stereocenters. The van der Waals surface area contributed by atoms with Crippen molar-refractivity contribution >= 4 is 11.8 Å². The largest absolute Gasteiger partial charge is 0.493 e. The summed E-state index contributed by atoms with van der Waals surface area (Å²) in [4.78, 5) is 26.1. The lowest BCUT2D eigenvalue weighted by molar-refractivity contribution is -0.141. The number of benzene rings is 1. The van der Waals surface area contributed by atoms with Gasteiger partial charge in [-0.15, -0.1) is 6.58 Å². The second-order valence-corrected chi connectivity index (χ2v) is 6.89. The molecular weight excluding hydrogens is 346 g/mol. The van der Waals surface area contributed by atoms with Gasteiger partial charge in [0.2, 0.25) is 11.8 Å². The van der Waals surface area contributed by atoms with Gasteiger partial charge in [0.05, 0.1) is 25.5 Å². The van der Waals surface area contributed by atoms with E-state index < -0.39 is 6.10 Å². The van der Waals surface area contributed by atoms with Gasteiger partial charge < -0.3 is 14.6 Å². The molecule has 1 aliphatic heterocycles. The van der Waals surface area contributed by atoms with E-state index in [1.54, 1.807) is 19.3 Å². The Kier molecular flexibility index (Phi) is 5.96. The Hall–Kier alpha value is -2.60. The second-order valence-electron chi connectivity index (χ2n) is 6.89. The zero-order valence-corrected chi connectivity index (χ0v) is 15.5. The lowest BCUT2D eigenvalue weighted by Gasteiger charge is -2.20. The maximum Gasteiger partial charge on any atom is 0.233 e. The molecule has 1 N–H and O–H groups in total. The lowest BCUT2D eigenvalue weighted by atomic mass is 9.85. The molecule has 1 fully saturated rings. The quantitative estimate of drug-likeness (QED) is 0.560. The van der Waals surface area contributed by atoms with Crippen molar-refractivity contribution in [3.63, 3.8) is 0 Å². The molecule has 0 radical (unpaired) electrons. The van der Waals surface area contributed by atoms with Gasteiger partial charge in [-0.3, -0.25) is 14.5 Å². The van der Waals surface area contributed by atoms with E-state index in [9.17, 15) is 14.7 Å². The van der Waals surface area contributed by atoms with E-state index in [4.69, 9.17) is 9.47 Å². The summed E-state index contributed by atoms with van der Waals surface area (Å²) in [7, 11) is 1.55. The predicted molar refractivity (Wildman–Crippen MR) is 100 cm³/mol. The van der Waals surface area contributed by atoms with Gasteiger partial charge in [0, 0.05) is 0 Å². The number of β-amino-alcohol motifs (C(OH)–C–C–N with tert-alkyl or cyclic N) is 1. The van der Waals surface area contributed by atoms with Crippen molar-refractivity contribution in [2.75, 3.05) is 20.3 Å². The van der Waals surface area contributed by atoms with Crippen LogP contribution in [0.3, 0.4) is 0 Å². The standard InChI is InChI=1S/C21H25NO5/c1-3-6-14-9-10-18(19(11-14)26-2)27-13-15(23)12-22-20(24)16-7-4-5-8-17(16)21(22)25/h3-5,9-11,15-17,23H,1,6-8,12-13H2,2H3/t15-,16+,17+/m1/s1. The van der Waals surface area contributed by atoms with E-state index >= 15 is 0 Å². The lowest BCUT2D eigenvalue weighted by Crippen LogP contribution is -2.40. The highest BCUT2D eigenvalue weighted by Crippen LogP contribution is 2.35. The predicted octanol–water partition coefficient (Wildman–Crippen LogP) is 2.11. The van der Waals surface area contributed by atoms with E-state index in [0.29, 0.717) is 24.3 Å². The minimum atomic E-state index is -0.969. The first-order valence-electron chi connectivity index (χ1n) is 9.14. The average molecular weight is 371 g/mol. The number of methoxy groups -OCH3 is 1. The molecule has 0 saturated carbocycles. The number of nitrogens with zero attached hydrogens (tertiary/aromatic N) is 1. The number of ether oxygens (including phenoxy) is 2. The summed E-state index contributed by atoms with van der Waals surface area (Å²) in [6, 6.07) is 5.53. The summed E-state index contributed by atoms with van der Waals surface area (Å²) < 4.78 is 11.0. The molecule has 144 valence electrons. The smallest absolute Gasteiger partial charge is 0.233 e. The van der Waals surface area contributed by atoms with Gasteiger partial charge in [-0.05, 0) is 37.0 Å². The van der Waals surface area contributed by atoms with E-state index in [-0.39, 0.29) is 36.8 Å². The number of aliphatic hydroxyl groups is 1. The van der Waals surface area contributed by atoms with E-state index in [1.807, 2.05) is 24.3 Å². The highest BCUT2D eigenvalue weighted by Gasteiger charge is 2.47. The summed E-state index contributed by atoms with van der Waals surface area (Å²) in [5, 5.41) is 10.3. The molecule has 1 saturated heterocycles. The van der Waals surface area contributed by atoms with Crippen molar-refractivity contribution in [1.29, 1.82) is 0 Å². The van der Waals surface area contributed by atoms with Crippen molar-refractivity contribution in [3.8, 4) is 11.5 Å². The van der Waals surface area contributed by atoms with E-state index in [1.165, 1.54) is 4.90 Å². The van der Waals surface area contributed by atoms with Gasteiger partial charge in [-0.1, -0.05) is 24.3 Å². The molecule has 1 heterocycles. The third-order valence-corrected chi connectivity index (χ3v) is 5.03. The van der Waals surface area contributed by atoms with Gasteiger partial charge in [0.15, 0.2) is 11.5 Å². The van der Waals surface area contributed by atoms with Crippen LogP contribution in [0.25, 0.3) is 0 Å². The number of amides is 2. The van der Waals surface area contributed by atoms with Gasteiger partial charge in [0.1, 0.15) is 12.7 Å². The molecule has 6 nitrogen and oxygen atoms in total. The molecule has 27 heavy (non-hydrogen) atoms. The monoisotopic (exact) mass is 371 g/mol. The molecule has 1 aliphatic carbocycles. The Bertz CT molecular complexity index is 731. The number of allylic oxidation sites excluding steroid dienone is 3. The topological polar surface area (TPSA) is 76.1 Å². The first kappa shape index (κ1) is 19.2. The summed E-state index contributed by atoms with van der Waals surface area (Å²) in [6.07, 6.45) is 6.61. The highest BCUT2D eigenvalue weighted by atomic mass is 16.5. The molecule has 0 spiro atoms. The zero-order chi connectivity index (χ0) is 19.4. The number of hydrogen-bond acceptors (Lipinski definition) is 5. The van der Waals surface area contributed by atoms with Crippen LogP contribution < -0.4 is 9.47 Å². The number of carbonyl (C=O) groups is 2. The molecule has 0 aromatic heterocycles. The number of imide groups is 1. The fraction of sp³-hybridized carbons (Fsp3) is 0.429. The van der Waals surface area contributed by atoms with Crippen molar-refractivity contribution < 1.29 is 24.2 Å². The molecule has 0 unspecified atom stereocenters. The number of carbonyl (C=O) groups excluding carboxylic acids is 2. The molecule has 3 rings (SSSR count). The van der Waals surface area contributed by atoms with Crippen LogP contribution in [0.15, 0.2) is 43.0 Å². The van der Waals surface area contributed by atoms with Crippen molar-refractivity contribution in [1.82, 2.24) is 4.90 Å². The maximum atomic E-state index is 12.5. The second kappa shape index (κ2) is 8.39. The number of rotatable bonds is 8. The molecule has 0 bridgehead atoms. The van der Waals surface area contributed by atoms with Gasteiger partial charge in [-0.25, -0.2) is 0 Å². The molecule has 1 aromatic carbocycles. The minimum absolute atomic E-state index is 0.0399. The van der Waals surface area contributed by atoms with Crippen LogP contribution in [0.5, 0.6) is 11.5 Å². The number of aliphatic hydroxyl groups excluding tert-OH is 1. The average Bonchev–Trinajstić information content (AvgIpc) is 2.92. The molecule has 2 amide bonds. The number of fused-ring (bicyclic) bond motifs is 1. The third kappa shape index (κ3) is 4.06. The summed E-state index contributed by atoms with van der Waals surface area (Å²) in [5.41, 5.74) is 1.04. The molecule has 6 heteroatoms. The molecule has 2 aliphatic rings. The number of likely N-dealkylation sites (tertiary alicyclic amines) is 1. The molecule has 1 aromatic rings. The Labute approximate surface area is 159 Å². The summed E-state index contributed by atoms with van der Waals surface area (Å²) in [6.45, 7) is 3.62. The van der Waals surface area contributed by atoms with Gasteiger partial charge in [-0.2, -0.15) is 0 Å². The highest BCUT2D eigenvalue weighted by molar-refractivity contribution is 6.05. The van der Waals surface area contributed by atoms with Crippen molar-refractivity contribution in [2.24, 2.45) is 11.8 Å². The summed E-state index contributed by atoms with van der Waals surface area (Å²) in [5.74, 6) is 0.106. The van der Waals surface area contributed by atoms with Crippen LogP contribution in [0.4, 0.5) is 0 Å². The van der Waals surface area contributed by atoms with Crippen LogP contribution in [0, 0.1) is 11.8 Å². The fourth-order valence-electron chi connectivity index (χ4n) is 3.62. The normalized spacial score (nSPS) is 22.5. The van der Waals surface area contributed by atoms with Crippen LogP contribution in [-0.4, -0.2) is 48.2 Å². The zero-order valence-electron chi connectivity index (χ0n) is 15.5. The minimum Gasteiger partial charge on any atom is -0.493 e. The fourth-order valence-corrected chi connectivity index (χ4v) is 3.62. The van der Waals surface area contributed by atoms with Crippen molar-refractivity contribution in [2.45, 2.75) is 25.4 Å². The van der Waals surface area contributed by atoms with Crippen LogP contribution in [-0.2, 0) is 16.0 Å². The van der Waals surface area contributed by atoms with Crippen LogP contribution in [0.2, 0.25) is 0 Å². The molecular formula is C21H25NO5. The third-order valence-electron chi connectivity index (χ3n) is 5.03.